The van der Waals surface area contributed by atoms with E-state index in [1.54, 1.807) is 31.9 Å². The molecule has 7 heteroatoms. The van der Waals surface area contributed by atoms with Crippen molar-refractivity contribution in [3.63, 3.8) is 0 Å². The maximum Gasteiger partial charge on any atom is 0.528 e. The molecule has 0 spiro atoms. The minimum absolute atomic E-state index is 0.316. The molecule has 7 nitrogen and oxygen atoms in total. The van der Waals surface area contributed by atoms with Crippen LogP contribution < -0.4 is 5.73 Å². The Bertz CT molecular complexity index is 476. The van der Waals surface area contributed by atoms with Crippen LogP contribution >= 0.6 is 0 Å². The molecular weight excluding hydrogens is 272 g/mol. The molecule has 2 heterocycles. The minimum Gasteiger partial charge on any atom is -0.427 e. The molecule has 0 radical (unpaired) electrons. The van der Waals surface area contributed by atoms with E-state index in [0.29, 0.717) is 24.8 Å². The van der Waals surface area contributed by atoms with Gasteiger partial charge < -0.3 is 15.3 Å². The zero-order chi connectivity index (χ0) is 15.5. The molecule has 1 aliphatic rings. The average Bonchev–Trinajstić information content (AvgIpc) is 2.38. The van der Waals surface area contributed by atoms with Crippen LogP contribution in [0.2, 0.25) is 0 Å². The summed E-state index contributed by atoms with van der Waals surface area (Å²) in [4.78, 5) is 16.8. The first kappa shape index (κ1) is 15.5. The molecule has 1 aromatic heterocycles. The Morgan fingerprint density at radius 1 is 1.29 bits per heavy atom. The van der Waals surface area contributed by atoms with Crippen LogP contribution in [0, 0.1) is 0 Å². The first-order valence-corrected chi connectivity index (χ1v) is 7.08. The van der Waals surface area contributed by atoms with Crippen LogP contribution in [0.1, 0.15) is 45.2 Å². The normalized spacial score (nSPS) is 17.5. The Kier molecular flexibility index (Phi) is 4.62. The number of piperidine rings is 1. The highest BCUT2D eigenvalue weighted by molar-refractivity contribution is 5.60. The van der Waals surface area contributed by atoms with Crippen molar-refractivity contribution in [3.05, 3.63) is 17.8 Å². The number of carbonyl (C=O) groups excluding carboxylic acids is 1. The fraction of sp³-hybridized carbons (Fsp3) is 0.643. The van der Waals surface area contributed by atoms with Crippen molar-refractivity contribution in [1.82, 2.24) is 15.3 Å². The lowest BCUT2D eigenvalue weighted by molar-refractivity contribution is -0.152. The average molecular weight is 294 g/mol. The number of rotatable bonds is 2. The van der Waals surface area contributed by atoms with Gasteiger partial charge in [-0.15, -0.1) is 10.2 Å². The lowest BCUT2D eigenvalue weighted by atomic mass is 9.94. The van der Waals surface area contributed by atoms with Crippen molar-refractivity contribution in [1.29, 1.82) is 0 Å². The summed E-state index contributed by atoms with van der Waals surface area (Å²) in [6, 6.07) is 3.66. The molecule has 0 aliphatic carbocycles. The Balaban J connectivity index is 1.80. The molecule has 116 valence electrons. The molecule has 0 aromatic carbocycles. The fourth-order valence-corrected chi connectivity index (χ4v) is 2.19. The third kappa shape index (κ3) is 4.86. The van der Waals surface area contributed by atoms with Gasteiger partial charge in [-0.05, 0) is 45.7 Å². The van der Waals surface area contributed by atoms with Gasteiger partial charge in [-0.25, -0.2) is 4.79 Å². The molecule has 0 saturated carbocycles. The van der Waals surface area contributed by atoms with Crippen molar-refractivity contribution < 1.29 is 14.4 Å². The monoisotopic (exact) mass is 294 g/mol. The second-order valence-electron chi connectivity index (χ2n) is 6.14. The van der Waals surface area contributed by atoms with Crippen molar-refractivity contribution >= 4 is 12.0 Å². The zero-order valence-corrected chi connectivity index (χ0v) is 12.7. The topological polar surface area (TPSA) is 90.6 Å². The smallest absolute Gasteiger partial charge is 0.427 e. The van der Waals surface area contributed by atoms with Crippen LogP contribution in [0.25, 0.3) is 0 Å². The Morgan fingerprint density at radius 2 is 1.95 bits per heavy atom. The number of hydrogen-bond acceptors (Lipinski definition) is 7. The van der Waals surface area contributed by atoms with Gasteiger partial charge in [0.25, 0.3) is 0 Å². The highest BCUT2D eigenvalue weighted by Crippen LogP contribution is 2.26. The van der Waals surface area contributed by atoms with Gasteiger partial charge in [-0.3, -0.25) is 0 Å². The Morgan fingerprint density at radius 3 is 2.48 bits per heavy atom. The van der Waals surface area contributed by atoms with Crippen LogP contribution in [0.15, 0.2) is 12.1 Å². The van der Waals surface area contributed by atoms with E-state index >= 15 is 0 Å². The minimum atomic E-state index is -0.659. The molecule has 1 aromatic rings. The van der Waals surface area contributed by atoms with Gasteiger partial charge in [0.15, 0.2) is 0 Å². The summed E-state index contributed by atoms with van der Waals surface area (Å²) in [5.74, 6) is 0.737. The van der Waals surface area contributed by atoms with Gasteiger partial charge >= 0.3 is 6.16 Å². The Labute approximate surface area is 124 Å². The van der Waals surface area contributed by atoms with Gasteiger partial charge in [0.05, 0.1) is 5.69 Å². The van der Waals surface area contributed by atoms with Gasteiger partial charge in [-0.1, -0.05) is 0 Å². The number of nitrogens with zero attached hydrogens (tertiary/aromatic N) is 3. The van der Waals surface area contributed by atoms with Crippen molar-refractivity contribution in [2.24, 2.45) is 0 Å². The highest BCUT2D eigenvalue weighted by atomic mass is 16.8. The summed E-state index contributed by atoms with van der Waals surface area (Å²) in [6.45, 7) is 6.72. The van der Waals surface area contributed by atoms with Crippen LogP contribution in [-0.2, 0) is 9.57 Å². The van der Waals surface area contributed by atoms with E-state index in [4.69, 9.17) is 15.3 Å². The van der Waals surface area contributed by atoms with Gasteiger partial charge in [0.2, 0.25) is 0 Å². The first-order chi connectivity index (χ1) is 9.83. The number of hydrogen-bond donors (Lipinski definition) is 1. The SMILES string of the molecule is CC(C)(C)OC(=O)ON1CCC(c2ccc(N)nn2)CC1. The van der Waals surface area contributed by atoms with Crippen LogP contribution in [0.5, 0.6) is 0 Å². The predicted octanol–water partition coefficient (Wildman–Crippen LogP) is 2.10. The number of aromatic nitrogens is 2. The van der Waals surface area contributed by atoms with E-state index in [2.05, 4.69) is 10.2 Å². The maximum absolute atomic E-state index is 11.6. The predicted molar refractivity (Wildman–Crippen MR) is 77.3 cm³/mol. The van der Waals surface area contributed by atoms with Gasteiger partial charge in [0.1, 0.15) is 11.4 Å². The number of anilines is 1. The standard InChI is InChI=1S/C14H22N4O3/c1-14(2,3)20-13(19)21-18-8-6-10(7-9-18)11-4-5-12(15)17-16-11/h4-5,10H,6-9H2,1-3H3,(H2,15,17). The van der Waals surface area contributed by atoms with E-state index in [1.807, 2.05) is 6.07 Å². The molecular formula is C14H22N4O3. The Hall–Kier alpha value is -1.89. The third-order valence-corrected chi connectivity index (χ3v) is 3.17. The number of hydroxylamine groups is 2. The van der Waals surface area contributed by atoms with E-state index in [9.17, 15) is 4.79 Å². The van der Waals surface area contributed by atoms with E-state index in [1.165, 1.54) is 0 Å². The molecule has 1 fully saturated rings. The second kappa shape index (κ2) is 6.26. The molecule has 0 amide bonds. The lowest BCUT2D eigenvalue weighted by Gasteiger charge is -2.30. The highest BCUT2D eigenvalue weighted by Gasteiger charge is 2.26. The van der Waals surface area contributed by atoms with Crippen molar-refractivity contribution in [2.75, 3.05) is 18.8 Å². The van der Waals surface area contributed by atoms with Crippen LogP contribution in [0.4, 0.5) is 10.6 Å². The molecule has 0 atom stereocenters. The fourth-order valence-electron chi connectivity index (χ4n) is 2.19. The number of carbonyl (C=O) groups is 1. The molecule has 1 aliphatic heterocycles. The summed E-state index contributed by atoms with van der Waals surface area (Å²) in [5, 5.41) is 9.62. The summed E-state index contributed by atoms with van der Waals surface area (Å²) in [5.41, 5.74) is 5.92. The number of nitrogens with two attached hydrogens (primary N) is 1. The molecule has 21 heavy (non-hydrogen) atoms. The summed E-state index contributed by atoms with van der Waals surface area (Å²) >= 11 is 0. The van der Waals surface area contributed by atoms with E-state index in [-0.39, 0.29) is 0 Å². The first-order valence-electron chi connectivity index (χ1n) is 7.08. The quantitative estimate of drug-likeness (QED) is 0.835. The molecule has 1 saturated heterocycles. The van der Waals surface area contributed by atoms with E-state index in [0.717, 1.165) is 18.5 Å². The maximum atomic E-state index is 11.6. The number of nitrogen functional groups attached to an aromatic ring is 1. The summed E-state index contributed by atoms with van der Waals surface area (Å²) in [7, 11) is 0. The van der Waals surface area contributed by atoms with Crippen LogP contribution in [-0.4, -0.2) is 40.1 Å². The molecule has 2 rings (SSSR count). The van der Waals surface area contributed by atoms with E-state index < -0.39 is 11.8 Å². The van der Waals surface area contributed by atoms with Gasteiger partial charge in [0, 0.05) is 19.0 Å². The second-order valence-corrected chi connectivity index (χ2v) is 6.14. The molecule has 2 N–H and O–H groups in total. The summed E-state index contributed by atoms with van der Waals surface area (Å²) < 4.78 is 5.13. The van der Waals surface area contributed by atoms with Crippen molar-refractivity contribution in [2.45, 2.75) is 45.1 Å². The number of ether oxygens (including phenoxy) is 1. The molecule has 0 bridgehead atoms. The third-order valence-electron chi connectivity index (χ3n) is 3.17. The zero-order valence-electron chi connectivity index (χ0n) is 12.7. The molecule has 0 unspecified atom stereocenters. The van der Waals surface area contributed by atoms with Crippen molar-refractivity contribution in [3.8, 4) is 0 Å². The lowest BCUT2D eigenvalue weighted by Crippen LogP contribution is -2.37. The van der Waals surface area contributed by atoms with Crippen LogP contribution in [0.3, 0.4) is 0 Å². The largest absolute Gasteiger partial charge is 0.528 e. The summed E-state index contributed by atoms with van der Waals surface area (Å²) in [6.07, 6.45) is 1.04. The van der Waals surface area contributed by atoms with Gasteiger partial charge in [-0.2, -0.15) is 5.10 Å².